The van der Waals surface area contributed by atoms with Gasteiger partial charge in [0, 0.05) is 4.92 Å². The molecule has 1 aliphatic heterocycles. The minimum Gasteiger partial charge on any atom is -0.376 e. The van der Waals surface area contributed by atoms with Crippen LogP contribution in [0.2, 0.25) is 0 Å². The molecule has 1 aliphatic carbocycles. The molecule has 2 aliphatic rings. The van der Waals surface area contributed by atoms with Crippen LogP contribution in [0.5, 0.6) is 0 Å². The molecule has 0 spiro atoms. The normalized spacial score (nSPS) is 41.8. The molecule has 0 radical (unpaired) electrons. The van der Waals surface area contributed by atoms with Crippen molar-refractivity contribution >= 4 is 11.6 Å². The van der Waals surface area contributed by atoms with Gasteiger partial charge >= 0.3 is 0 Å². The van der Waals surface area contributed by atoms with E-state index >= 15 is 0 Å². The zero-order valence-electron chi connectivity index (χ0n) is 14.1. The topological polar surface area (TPSA) is 136 Å². The van der Waals surface area contributed by atoms with E-state index in [1.165, 1.54) is 0 Å². The van der Waals surface area contributed by atoms with E-state index in [0.717, 1.165) is 13.8 Å². The van der Waals surface area contributed by atoms with Crippen molar-refractivity contribution in [3.63, 3.8) is 0 Å². The van der Waals surface area contributed by atoms with Crippen molar-refractivity contribution in [3.05, 3.63) is 10.1 Å². The quantitative estimate of drug-likeness (QED) is 0.529. The molecule has 2 N–H and O–H groups in total. The average Bonchev–Trinajstić information content (AvgIpc) is 2.77. The molecule has 0 aromatic heterocycles. The minimum absolute atomic E-state index is 0.142. The fraction of sp³-hybridized carbons (Fsp3) is 0.867. The Morgan fingerprint density at radius 2 is 1.58 bits per heavy atom. The number of rotatable bonds is 4. The molecule has 0 bridgehead atoms. The predicted octanol–water partition coefficient (Wildman–Crippen LogP) is -0.167. The Hall–Kier alpha value is -1.42. The van der Waals surface area contributed by atoms with E-state index in [0.29, 0.717) is 0 Å². The standard InChI is InChI=1S/C15H23NO8/c1-8(17)14(19)5-10(11-7-23-13(3,4)24-11)6-15(20,9(2)18)12(14)16(21)22/h10-12,19-20H,5-7H2,1-4H3/t10?,11-,12?,14-,15+/m1/s1. The number of carbonyl (C=O) groups is 2. The van der Waals surface area contributed by atoms with Crippen molar-refractivity contribution in [1.29, 1.82) is 0 Å². The number of hydrogen-bond donors (Lipinski definition) is 2. The van der Waals surface area contributed by atoms with Gasteiger partial charge < -0.3 is 19.7 Å². The first-order valence-corrected chi connectivity index (χ1v) is 7.75. The second kappa shape index (κ2) is 5.83. The number of nitro groups is 1. The highest BCUT2D eigenvalue weighted by molar-refractivity contribution is 5.91. The Kier molecular flexibility index (Phi) is 4.60. The molecule has 5 atom stereocenters. The Morgan fingerprint density at radius 3 is 1.88 bits per heavy atom. The third-order valence-corrected chi connectivity index (χ3v) is 5.04. The number of ether oxygens (including phenoxy) is 2. The van der Waals surface area contributed by atoms with Crippen molar-refractivity contribution in [3.8, 4) is 0 Å². The highest BCUT2D eigenvalue weighted by atomic mass is 16.7. The molecular formula is C15H23NO8. The Morgan fingerprint density at radius 1 is 1.12 bits per heavy atom. The van der Waals surface area contributed by atoms with Crippen molar-refractivity contribution in [2.45, 2.75) is 69.7 Å². The summed E-state index contributed by atoms with van der Waals surface area (Å²) in [5, 5.41) is 32.9. The van der Waals surface area contributed by atoms with E-state index in [-0.39, 0.29) is 19.4 Å². The molecule has 2 fully saturated rings. The van der Waals surface area contributed by atoms with Crippen LogP contribution in [0.1, 0.15) is 40.5 Å². The SMILES string of the molecule is CC(=O)[C@]1(O)CC([C@H]2COC(C)(C)O2)C[C@](O)(C(C)=O)C1[N+](=O)[O-]. The molecule has 2 unspecified atom stereocenters. The van der Waals surface area contributed by atoms with Gasteiger partial charge in [-0.15, -0.1) is 0 Å². The van der Waals surface area contributed by atoms with Crippen molar-refractivity contribution in [2.75, 3.05) is 6.61 Å². The van der Waals surface area contributed by atoms with Crippen LogP contribution < -0.4 is 0 Å². The van der Waals surface area contributed by atoms with Crippen molar-refractivity contribution < 1.29 is 34.2 Å². The Bertz CT molecular complexity index is 546. The van der Waals surface area contributed by atoms with Gasteiger partial charge in [0.1, 0.15) is 0 Å². The van der Waals surface area contributed by atoms with Crippen molar-refractivity contribution in [1.82, 2.24) is 0 Å². The summed E-state index contributed by atoms with van der Waals surface area (Å²) in [5.41, 5.74) is -4.91. The van der Waals surface area contributed by atoms with Gasteiger partial charge in [0.25, 0.3) is 6.04 Å². The van der Waals surface area contributed by atoms with Crippen LogP contribution in [-0.2, 0) is 19.1 Å². The largest absolute Gasteiger partial charge is 0.376 e. The number of nitrogens with zero attached hydrogens (tertiary/aromatic N) is 1. The van der Waals surface area contributed by atoms with Crippen LogP contribution in [0.15, 0.2) is 0 Å². The van der Waals surface area contributed by atoms with Gasteiger partial charge in [0.05, 0.1) is 12.7 Å². The van der Waals surface area contributed by atoms with Crippen LogP contribution in [-0.4, -0.2) is 62.4 Å². The average molecular weight is 345 g/mol. The van der Waals surface area contributed by atoms with Gasteiger partial charge in [0.2, 0.25) is 0 Å². The molecule has 2 rings (SSSR count). The van der Waals surface area contributed by atoms with E-state index in [1.54, 1.807) is 13.8 Å². The second-order valence-corrected chi connectivity index (χ2v) is 7.18. The molecule has 0 aromatic carbocycles. The fourth-order valence-corrected chi connectivity index (χ4v) is 3.72. The van der Waals surface area contributed by atoms with Gasteiger partial charge in [-0.1, -0.05) is 0 Å². The molecular weight excluding hydrogens is 322 g/mol. The zero-order valence-corrected chi connectivity index (χ0v) is 14.1. The highest BCUT2D eigenvalue weighted by Gasteiger charge is 2.68. The van der Waals surface area contributed by atoms with E-state index in [1.807, 2.05) is 0 Å². The number of aliphatic hydroxyl groups is 2. The van der Waals surface area contributed by atoms with Gasteiger partial charge in [-0.05, 0) is 46.5 Å². The molecule has 1 saturated heterocycles. The van der Waals surface area contributed by atoms with E-state index < -0.39 is 51.5 Å². The maximum Gasteiger partial charge on any atom is 0.283 e. The molecule has 0 amide bonds. The summed E-state index contributed by atoms with van der Waals surface area (Å²) in [6, 6.07) is -2.12. The summed E-state index contributed by atoms with van der Waals surface area (Å²) in [7, 11) is 0. The first kappa shape index (κ1) is 18.9. The summed E-state index contributed by atoms with van der Waals surface area (Å²) in [5.74, 6) is -3.27. The second-order valence-electron chi connectivity index (χ2n) is 7.18. The first-order chi connectivity index (χ1) is 10.8. The lowest BCUT2D eigenvalue weighted by Gasteiger charge is -2.45. The molecule has 1 heterocycles. The van der Waals surface area contributed by atoms with Crippen molar-refractivity contribution in [2.24, 2.45) is 5.92 Å². The maximum atomic E-state index is 12.0. The van der Waals surface area contributed by atoms with E-state index in [2.05, 4.69) is 0 Å². The molecule has 1 saturated carbocycles. The molecule has 9 heteroatoms. The third kappa shape index (κ3) is 2.97. The highest BCUT2D eigenvalue weighted by Crippen LogP contribution is 2.45. The lowest BCUT2D eigenvalue weighted by Crippen LogP contribution is -2.70. The number of carbonyl (C=O) groups excluding carboxylic acids is 2. The molecule has 9 nitrogen and oxygen atoms in total. The summed E-state index contributed by atoms with van der Waals surface area (Å²) < 4.78 is 11.1. The first-order valence-electron chi connectivity index (χ1n) is 7.75. The lowest BCUT2D eigenvalue weighted by molar-refractivity contribution is -0.565. The van der Waals surface area contributed by atoms with Crippen LogP contribution in [0.25, 0.3) is 0 Å². The number of Topliss-reactive ketones (excluding diaryl/α,β-unsaturated/α-hetero) is 2. The lowest BCUT2D eigenvalue weighted by atomic mass is 9.62. The summed E-state index contributed by atoms with van der Waals surface area (Å²) in [6.45, 7) is 5.53. The van der Waals surface area contributed by atoms with E-state index in [4.69, 9.17) is 9.47 Å². The Balaban J connectivity index is 2.45. The fourth-order valence-electron chi connectivity index (χ4n) is 3.72. The smallest absolute Gasteiger partial charge is 0.283 e. The van der Waals surface area contributed by atoms with Gasteiger partial charge in [-0.25, -0.2) is 0 Å². The molecule has 136 valence electrons. The summed E-state index contributed by atoms with van der Waals surface area (Å²) in [6.07, 6.45) is -1.16. The molecule has 24 heavy (non-hydrogen) atoms. The third-order valence-electron chi connectivity index (χ3n) is 5.04. The van der Waals surface area contributed by atoms with E-state index in [9.17, 15) is 29.9 Å². The molecule has 0 aromatic rings. The van der Waals surface area contributed by atoms with Gasteiger partial charge in [-0.2, -0.15) is 0 Å². The van der Waals surface area contributed by atoms with Gasteiger partial charge in [0.15, 0.2) is 28.6 Å². The summed E-state index contributed by atoms with van der Waals surface area (Å²) >= 11 is 0. The number of hydrogen-bond acceptors (Lipinski definition) is 8. The predicted molar refractivity (Wildman–Crippen MR) is 79.7 cm³/mol. The summed E-state index contributed by atoms with van der Waals surface area (Å²) in [4.78, 5) is 34.5. The van der Waals surface area contributed by atoms with Gasteiger partial charge in [-0.3, -0.25) is 19.7 Å². The number of ketones is 2. The maximum absolute atomic E-state index is 12.0. The van der Waals surface area contributed by atoms with Crippen LogP contribution >= 0.6 is 0 Å². The monoisotopic (exact) mass is 345 g/mol. The zero-order chi connectivity index (χ0) is 18.5. The van der Waals surface area contributed by atoms with Crippen LogP contribution in [0, 0.1) is 16.0 Å². The Labute approximate surface area is 139 Å². The van der Waals surface area contributed by atoms with Crippen LogP contribution in [0.4, 0.5) is 0 Å². The van der Waals surface area contributed by atoms with Crippen LogP contribution in [0.3, 0.4) is 0 Å². The minimum atomic E-state index is -2.46.